The third-order valence-electron chi connectivity index (χ3n) is 4.58. The highest BCUT2D eigenvalue weighted by atomic mass is 32.2. The summed E-state index contributed by atoms with van der Waals surface area (Å²) in [6.45, 7) is 5.94. The number of hydrogen-bond donors (Lipinski definition) is 1. The zero-order valence-corrected chi connectivity index (χ0v) is 18.5. The minimum atomic E-state index is -2.99. The van der Waals surface area contributed by atoms with Crippen LogP contribution in [0.5, 0.6) is 0 Å². The number of nitrogens with one attached hydrogen (secondary N) is 1. The van der Waals surface area contributed by atoms with Crippen LogP contribution in [-0.4, -0.2) is 40.0 Å². The van der Waals surface area contributed by atoms with Crippen molar-refractivity contribution < 1.29 is 17.2 Å². The summed E-state index contributed by atoms with van der Waals surface area (Å²) in [6, 6.07) is 8.26. The number of anilines is 1. The standard InChI is InChI=1S/C20H35NO4S2/c1-20(2,3)27(24,25)17-8-6-4-5-7-10-18-11-13-19(14-12-18)21-15-9-16-26(22)23/h11-14,21H,4-10,15-17H2,1-3H3,(H,22,23)/p-1. The van der Waals surface area contributed by atoms with Gasteiger partial charge in [-0.2, -0.15) is 0 Å². The number of aryl methyl sites for hydroxylation is 1. The van der Waals surface area contributed by atoms with E-state index in [1.807, 2.05) is 12.1 Å². The summed E-state index contributed by atoms with van der Waals surface area (Å²) in [5, 5.41) is 3.22. The van der Waals surface area contributed by atoms with Crippen LogP contribution in [0.2, 0.25) is 0 Å². The first-order valence-corrected chi connectivity index (χ1v) is 12.6. The minimum Gasteiger partial charge on any atom is -0.772 e. The second-order valence-electron chi connectivity index (χ2n) is 7.93. The van der Waals surface area contributed by atoms with Gasteiger partial charge in [0.25, 0.3) is 0 Å². The van der Waals surface area contributed by atoms with Gasteiger partial charge >= 0.3 is 0 Å². The van der Waals surface area contributed by atoms with E-state index in [1.165, 1.54) is 5.56 Å². The second-order valence-corrected chi connectivity index (χ2v) is 11.8. The van der Waals surface area contributed by atoms with Crippen LogP contribution in [0.4, 0.5) is 5.69 Å². The zero-order valence-electron chi connectivity index (χ0n) is 16.8. The lowest BCUT2D eigenvalue weighted by Gasteiger charge is -2.18. The first-order valence-electron chi connectivity index (χ1n) is 9.73. The number of sulfone groups is 1. The highest BCUT2D eigenvalue weighted by molar-refractivity contribution is 7.92. The average molecular weight is 417 g/mol. The van der Waals surface area contributed by atoms with Gasteiger partial charge in [0.1, 0.15) is 0 Å². The van der Waals surface area contributed by atoms with Gasteiger partial charge in [-0.25, -0.2) is 8.42 Å². The van der Waals surface area contributed by atoms with E-state index >= 15 is 0 Å². The van der Waals surface area contributed by atoms with Crippen molar-refractivity contribution in [2.45, 2.75) is 70.5 Å². The Hall–Kier alpha value is -0.920. The third kappa shape index (κ3) is 10.3. The summed E-state index contributed by atoms with van der Waals surface area (Å²) in [4.78, 5) is 0. The molecule has 1 rings (SSSR count). The van der Waals surface area contributed by atoms with Gasteiger partial charge in [0.15, 0.2) is 9.84 Å². The molecule has 0 aliphatic heterocycles. The number of unbranched alkanes of at least 4 members (excludes halogenated alkanes) is 4. The Bertz CT molecular complexity index is 664. The normalized spacial score (nSPS) is 13.5. The quantitative estimate of drug-likeness (QED) is 0.387. The van der Waals surface area contributed by atoms with Crippen LogP contribution in [0.3, 0.4) is 0 Å². The molecule has 0 saturated heterocycles. The lowest BCUT2D eigenvalue weighted by Crippen LogP contribution is -2.30. The Morgan fingerprint density at radius 2 is 1.56 bits per heavy atom. The molecule has 1 atom stereocenters. The van der Waals surface area contributed by atoms with E-state index in [1.54, 1.807) is 20.8 Å². The molecule has 1 aromatic carbocycles. The molecule has 0 aliphatic rings. The van der Waals surface area contributed by atoms with E-state index < -0.39 is 25.7 Å². The van der Waals surface area contributed by atoms with Gasteiger partial charge in [-0.3, -0.25) is 4.21 Å². The summed E-state index contributed by atoms with van der Waals surface area (Å²) in [5.41, 5.74) is 2.30. The topological polar surface area (TPSA) is 86.3 Å². The molecule has 5 nitrogen and oxygen atoms in total. The van der Waals surface area contributed by atoms with Crippen molar-refractivity contribution in [3.05, 3.63) is 29.8 Å². The monoisotopic (exact) mass is 416 g/mol. The van der Waals surface area contributed by atoms with E-state index in [-0.39, 0.29) is 11.5 Å². The Balaban J connectivity index is 2.14. The molecule has 0 fully saturated rings. The molecule has 0 bridgehead atoms. The summed E-state index contributed by atoms with van der Waals surface area (Å²) in [7, 11) is -2.99. The molecule has 1 unspecified atom stereocenters. The fraction of sp³-hybridized carbons (Fsp3) is 0.700. The third-order valence-corrected chi connectivity index (χ3v) is 7.90. The number of hydrogen-bond acceptors (Lipinski definition) is 5. The fourth-order valence-electron chi connectivity index (χ4n) is 2.67. The average Bonchev–Trinajstić information content (AvgIpc) is 2.58. The smallest absolute Gasteiger partial charge is 0.155 e. The van der Waals surface area contributed by atoms with E-state index in [0.29, 0.717) is 13.0 Å². The van der Waals surface area contributed by atoms with Gasteiger partial charge in [0.2, 0.25) is 0 Å². The first kappa shape index (κ1) is 24.1. The molecule has 0 saturated carbocycles. The van der Waals surface area contributed by atoms with Crippen molar-refractivity contribution >= 4 is 26.6 Å². The maximum Gasteiger partial charge on any atom is 0.155 e. The van der Waals surface area contributed by atoms with Gasteiger partial charge in [0.05, 0.1) is 10.5 Å². The maximum atomic E-state index is 12.0. The largest absolute Gasteiger partial charge is 0.772 e. The Morgan fingerprint density at radius 3 is 2.15 bits per heavy atom. The molecular formula is C20H34NO4S2-. The molecule has 0 aromatic heterocycles. The molecule has 0 amide bonds. The van der Waals surface area contributed by atoms with Crippen LogP contribution in [0.1, 0.15) is 64.9 Å². The summed E-state index contributed by atoms with van der Waals surface area (Å²) >= 11 is -1.96. The Kier molecular flexibility index (Phi) is 10.6. The lowest BCUT2D eigenvalue weighted by molar-refractivity contribution is 0.535. The maximum absolute atomic E-state index is 12.0. The lowest BCUT2D eigenvalue weighted by atomic mass is 10.1. The molecular weight excluding hydrogens is 382 g/mol. The number of benzene rings is 1. The highest BCUT2D eigenvalue weighted by Crippen LogP contribution is 2.18. The van der Waals surface area contributed by atoms with E-state index in [0.717, 1.165) is 44.2 Å². The van der Waals surface area contributed by atoms with Gasteiger partial charge in [0, 0.05) is 18.0 Å². The van der Waals surface area contributed by atoms with Crippen molar-refractivity contribution in [1.29, 1.82) is 0 Å². The molecule has 27 heavy (non-hydrogen) atoms. The predicted molar refractivity (Wildman–Crippen MR) is 114 cm³/mol. The summed E-state index contributed by atoms with van der Waals surface area (Å²) in [6.07, 6.45) is 6.63. The van der Waals surface area contributed by atoms with Gasteiger partial charge in [-0.15, -0.1) is 0 Å². The predicted octanol–water partition coefficient (Wildman–Crippen LogP) is 4.07. The fourth-order valence-corrected chi connectivity index (χ4v) is 4.25. The Morgan fingerprint density at radius 1 is 0.963 bits per heavy atom. The van der Waals surface area contributed by atoms with Crippen molar-refractivity contribution in [3.8, 4) is 0 Å². The van der Waals surface area contributed by atoms with Crippen LogP contribution in [0, 0.1) is 0 Å². The van der Waals surface area contributed by atoms with Gasteiger partial charge < -0.3 is 9.87 Å². The zero-order chi connectivity index (χ0) is 20.3. The summed E-state index contributed by atoms with van der Waals surface area (Å²) < 4.78 is 44.4. The van der Waals surface area contributed by atoms with Crippen molar-refractivity contribution in [3.63, 3.8) is 0 Å². The Labute approximate surface area is 167 Å². The number of rotatable bonds is 13. The van der Waals surface area contributed by atoms with Crippen LogP contribution in [0.25, 0.3) is 0 Å². The molecule has 0 spiro atoms. The van der Waals surface area contributed by atoms with Gasteiger partial charge in [-0.1, -0.05) is 42.5 Å². The molecule has 1 aromatic rings. The van der Waals surface area contributed by atoms with Crippen molar-refractivity contribution in [2.24, 2.45) is 0 Å². The van der Waals surface area contributed by atoms with Crippen LogP contribution >= 0.6 is 0 Å². The molecule has 0 aliphatic carbocycles. The molecule has 156 valence electrons. The first-order chi connectivity index (χ1) is 12.6. The minimum absolute atomic E-state index is 0.188. The molecule has 0 heterocycles. The highest BCUT2D eigenvalue weighted by Gasteiger charge is 2.27. The van der Waals surface area contributed by atoms with Crippen LogP contribution in [-0.2, 0) is 27.3 Å². The molecule has 0 radical (unpaired) electrons. The van der Waals surface area contributed by atoms with Crippen molar-refractivity contribution in [2.75, 3.05) is 23.4 Å². The van der Waals surface area contributed by atoms with Crippen LogP contribution in [0.15, 0.2) is 24.3 Å². The van der Waals surface area contributed by atoms with Crippen LogP contribution < -0.4 is 5.32 Å². The molecule has 1 N–H and O–H groups in total. The van der Waals surface area contributed by atoms with E-state index in [2.05, 4.69) is 17.4 Å². The second kappa shape index (κ2) is 11.8. The molecule has 7 heteroatoms. The van der Waals surface area contributed by atoms with Crippen molar-refractivity contribution in [1.82, 2.24) is 0 Å². The SMILES string of the molecule is CC(C)(C)S(=O)(=O)CCCCCCCc1ccc(NCCCS(=O)[O-])cc1. The van der Waals surface area contributed by atoms with E-state index in [4.69, 9.17) is 0 Å². The summed E-state index contributed by atoms with van der Waals surface area (Å²) in [5.74, 6) is 0.475. The van der Waals surface area contributed by atoms with E-state index in [9.17, 15) is 17.2 Å². The van der Waals surface area contributed by atoms with Gasteiger partial charge in [-0.05, 0) is 64.2 Å².